The van der Waals surface area contributed by atoms with Crippen LogP contribution in [0.5, 0.6) is 0 Å². The Hall–Kier alpha value is -2.74. The average molecular weight is 345 g/mol. The van der Waals surface area contributed by atoms with Gasteiger partial charge in [0.15, 0.2) is 0 Å². The number of hydrogen-bond donors (Lipinski definition) is 2. The fraction of sp³-hybridized carbons (Fsp3) is 0.353. The van der Waals surface area contributed by atoms with Crippen LogP contribution in [0.25, 0.3) is 5.69 Å². The monoisotopic (exact) mass is 345 g/mol. The van der Waals surface area contributed by atoms with Gasteiger partial charge in [-0.3, -0.25) is 14.5 Å². The van der Waals surface area contributed by atoms with Crippen LogP contribution >= 0.6 is 0 Å². The molecule has 1 atom stereocenters. The third-order valence-corrected chi connectivity index (χ3v) is 4.15. The molecule has 0 spiro atoms. The first-order valence-electron chi connectivity index (χ1n) is 8.09. The van der Waals surface area contributed by atoms with Crippen molar-refractivity contribution < 1.29 is 14.0 Å². The van der Waals surface area contributed by atoms with Crippen LogP contribution in [-0.4, -0.2) is 52.2 Å². The van der Waals surface area contributed by atoms with Crippen LogP contribution < -0.4 is 10.6 Å². The lowest BCUT2D eigenvalue weighted by atomic mass is 10.2. The van der Waals surface area contributed by atoms with E-state index in [4.69, 9.17) is 0 Å². The van der Waals surface area contributed by atoms with Crippen molar-refractivity contribution in [1.29, 1.82) is 0 Å². The lowest BCUT2D eigenvalue weighted by molar-refractivity contribution is -0.129. The Balaban J connectivity index is 1.76. The highest BCUT2D eigenvalue weighted by atomic mass is 19.1. The molecule has 2 aromatic rings. The van der Waals surface area contributed by atoms with Gasteiger partial charge in [0.1, 0.15) is 17.3 Å². The summed E-state index contributed by atoms with van der Waals surface area (Å²) in [5, 5.41) is 9.77. The number of hydrogen-bond acceptors (Lipinski definition) is 4. The molecule has 2 heterocycles. The zero-order valence-corrected chi connectivity index (χ0v) is 14.1. The minimum Gasteiger partial charge on any atom is -0.353 e. The normalized spacial score (nSPS) is 18.0. The fourth-order valence-corrected chi connectivity index (χ4v) is 2.81. The van der Waals surface area contributed by atoms with Crippen molar-refractivity contribution in [3.8, 4) is 5.69 Å². The molecule has 1 aromatic heterocycles. The first-order valence-corrected chi connectivity index (χ1v) is 8.09. The number of anilines is 1. The number of aryl methyl sites for hydroxylation is 1. The van der Waals surface area contributed by atoms with Gasteiger partial charge in [0.2, 0.25) is 11.8 Å². The molecule has 7 nitrogen and oxygen atoms in total. The number of carbonyl (C=O) groups is 2. The van der Waals surface area contributed by atoms with Gasteiger partial charge in [-0.25, -0.2) is 9.07 Å². The van der Waals surface area contributed by atoms with E-state index >= 15 is 0 Å². The predicted octanol–water partition coefficient (Wildman–Crippen LogP) is 1.08. The molecule has 0 aliphatic carbocycles. The minimum atomic E-state index is -0.428. The maximum absolute atomic E-state index is 14.0. The maximum Gasteiger partial charge on any atom is 0.239 e. The van der Waals surface area contributed by atoms with Crippen LogP contribution in [-0.2, 0) is 9.59 Å². The van der Waals surface area contributed by atoms with E-state index in [0.717, 1.165) is 0 Å². The van der Waals surface area contributed by atoms with Crippen molar-refractivity contribution >= 4 is 17.6 Å². The summed E-state index contributed by atoms with van der Waals surface area (Å²) in [6, 6.07) is 7.54. The Morgan fingerprint density at radius 1 is 1.44 bits per heavy atom. The second-order valence-corrected chi connectivity index (χ2v) is 6.02. The molecule has 0 bridgehead atoms. The van der Waals surface area contributed by atoms with Gasteiger partial charge < -0.3 is 10.6 Å². The van der Waals surface area contributed by atoms with E-state index in [1.165, 1.54) is 10.7 Å². The molecule has 8 heteroatoms. The molecule has 1 saturated heterocycles. The summed E-state index contributed by atoms with van der Waals surface area (Å²) < 4.78 is 15.4. The maximum atomic E-state index is 14.0. The standard InChI is InChI=1S/C17H20FN5O2/c1-11-9-15(23(21-11)14-6-4-3-5-13(14)18)20-16(24)10-22-8-7-19-17(25)12(22)2/h3-6,9,12H,7-8,10H2,1-2H3,(H,19,25)(H,20,24). The molecule has 132 valence electrons. The van der Waals surface area contributed by atoms with Crippen molar-refractivity contribution in [2.24, 2.45) is 0 Å². The van der Waals surface area contributed by atoms with Gasteiger partial charge in [0, 0.05) is 19.2 Å². The molecule has 0 saturated carbocycles. The number of para-hydroxylation sites is 1. The van der Waals surface area contributed by atoms with E-state index in [1.54, 1.807) is 43.0 Å². The molecular formula is C17H20FN5O2. The zero-order valence-electron chi connectivity index (χ0n) is 14.1. The summed E-state index contributed by atoms with van der Waals surface area (Å²) in [7, 11) is 0. The molecule has 1 unspecified atom stereocenters. The molecule has 3 rings (SSSR count). The first kappa shape index (κ1) is 17.1. The Morgan fingerprint density at radius 2 is 2.20 bits per heavy atom. The topological polar surface area (TPSA) is 79.3 Å². The lowest BCUT2D eigenvalue weighted by Crippen LogP contribution is -2.55. The zero-order chi connectivity index (χ0) is 18.0. The summed E-state index contributed by atoms with van der Waals surface area (Å²) in [5.41, 5.74) is 0.917. The van der Waals surface area contributed by atoms with Crippen LogP contribution in [0.15, 0.2) is 30.3 Å². The van der Waals surface area contributed by atoms with Crippen molar-refractivity contribution in [2.45, 2.75) is 19.9 Å². The van der Waals surface area contributed by atoms with Gasteiger partial charge in [0.25, 0.3) is 0 Å². The Bertz CT molecular complexity index is 804. The van der Waals surface area contributed by atoms with Gasteiger partial charge in [-0.15, -0.1) is 0 Å². The van der Waals surface area contributed by atoms with Crippen molar-refractivity contribution in [3.63, 3.8) is 0 Å². The van der Waals surface area contributed by atoms with Gasteiger partial charge >= 0.3 is 0 Å². The molecule has 25 heavy (non-hydrogen) atoms. The minimum absolute atomic E-state index is 0.0795. The highest BCUT2D eigenvalue weighted by molar-refractivity contribution is 5.92. The third-order valence-electron chi connectivity index (χ3n) is 4.15. The number of amides is 2. The first-order chi connectivity index (χ1) is 12.0. The van der Waals surface area contributed by atoms with Gasteiger partial charge in [-0.05, 0) is 26.0 Å². The highest BCUT2D eigenvalue weighted by Gasteiger charge is 2.27. The smallest absolute Gasteiger partial charge is 0.239 e. The number of piperazine rings is 1. The van der Waals surface area contributed by atoms with Crippen LogP contribution in [0.3, 0.4) is 0 Å². The lowest BCUT2D eigenvalue weighted by Gasteiger charge is -2.31. The van der Waals surface area contributed by atoms with Gasteiger partial charge in [0.05, 0.1) is 18.3 Å². The van der Waals surface area contributed by atoms with Crippen molar-refractivity contribution in [2.75, 3.05) is 25.0 Å². The number of carbonyl (C=O) groups excluding carboxylic acids is 2. The molecule has 0 radical (unpaired) electrons. The second kappa shape index (κ2) is 7.02. The molecule has 2 N–H and O–H groups in total. The van der Waals surface area contributed by atoms with Crippen LogP contribution in [0.4, 0.5) is 10.2 Å². The van der Waals surface area contributed by atoms with Crippen molar-refractivity contribution in [1.82, 2.24) is 20.0 Å². The number of rotatable bonds is 4. The number of aromatic nitrogens is 2. The van der Waals surface area contributed by atoms with E-state index in [1.807, 2.05) is 0 Å². The average Bonchev–Trinajstić information content (AvgIpc) is 2.92. The van der Waals surface area contributed by atoms with Gasteiger partial charge in [-0.2, -0.15) is 5.10 Å². The largest absolute Gasteiger partial charge is 0.353 e. The van der Waals surface area contributed by atoms with E-state index in [9.17, 15) is 14.0 Å². The summed E-state index contributed by atoms with van der Waals surface area (Å²) in [4.78, 5) is 25.9. The van der Waals surface area contributed by atoms with E-state index in [2.05, 4.69) is 15.7 Å². The predicted molar refractivity (Wildman–Crippen MR) is 90.9 cm³/mol. The van der Waals surface area contributed by atoms with Crippen LogP contribution in [0.2, 0.25) is 0 Å². The Kier molecular flexibility index (Phi) is 4.80. The molecular weight excluding hydrogens is 325 g/mol. The Morgan fingerprint density at radius 3 is 2.96 bits per heavy atom. The molecule has 1 fully saturated rings. The number of halogens is 1. The summed E-state index contributed by atoms with van der Waals surface area (Å²) >= 11 is 0. The summed E-state index contributed by atoms with van der Waals surface area (Å²) in [6.45, 7) is 4.73. The molecule has 1 aromatic carbocycles. The van der Waals surface area contributed by atoms with Gasteiger partial charge in [-0.1, -0.05) is 12.1 Å². The SMILES string of the molecule is Cc1cc(NC(=O)CN2CCNC(=O)C2C)n(-c2ccccc2F)n1. The van der Waals surface area contributed by atoms with E-state index < -0.39 is 5.82 Å². The molecule has 1 aliphatic rings. The number of benzene rings is 1. The number of nitrogens with zero attached hydrogens (tertiary/aromatic N) is 3. The van der Waals surface area contributed by atoms with Crippen LogP contribution in [0.1, 0.15) is 12.6 Å². The fourth-order valence-electron chi connectivity index (χ4n) is 2.81. The third kappa shape index (κ3) is 3.69. The van der Waals surface area contributed by atoms with E-state index in [0.29, 0.717) is 24.6 Å². The summed E-state index contributed by atoms with van der Waals surface area (Å²) in [6.07, 6.45) is 0. The van der Waals surface area contributed by atoms with E-state index in [-0.39, 0.29) is 30.1 Å². The molecule has 1 aliphatic heterocycles. The highest BCUT2D eigenvalue weighted by Crippen LogP contribution is 2.19. The quantitative estimate of drug-likeness (QED) is 0.869. The summed E-state index contributed by atoms with van der Waals surface area (Å²) in [5.74, 6) is -0.408. The second-order valence-electron chi connectivity index (χ2n) is 6.02. The Labute approximate surface area is 144 Å². The number of nitrogens with one attached hydrogen (secondary N) is 2. The van der Waals surface area contributed by atoms with Crippen LogP contribution in [0, 0.1) is 12.7 Å². The molecule has 2 amide bonds. The van der Waals surface area contributed by atoms with Crippen molar-refractivity contribution in [3.05, 3.63) is 41.8 Å².